The lowest BCUT2D eigenvalue weighted by molar-refractivity contribution is 0.0922. The molecule has 0 heterocycles. The molecule has 1 atom stereocenters. The fourth-order valence-corrected chi connectivity index (χ4v) is 1.29. The SMILES string of the molecule is COc1cccc(N)c1C(=O)NCC(C)O. The lowest BCUT2D eigenvalue weighted by Crippen LogP contribution is -2.31. The average Bonchev–Trinajstić information content (AvgIpc) is 2.25. The molecule has 0 aliphatic rings. The maximum absolute atomic E-state index is 11.8. The molecule has 0 aliphatic heterocycles. The summed E-state index contributed by atoms with van der Waals surface area (Å²) in [5.41, 5.74) is 6.35. The first-order chi connectivity index (χ1) is 7.56. The minimum absolute atomic E-state index is 0.177. The van der Waals surface area contributed by atoms with Crippen LogP contribution in [0.3, 0.4) is 0 Å². The molecule has 1 aromatic carbocycles. The molecule has 1 aromatic rings. The predicted octanol–water partition coefficient (Wildman–Crippen LogP) is 0.388. The Labute approximate surface area is 94.2 Å². The third kappa shape index (κ3) is 2.87. The summed E-state index contributed by atoms with van der Waals surface area (Å²) in [4.78, 5) is 11.8. The third-order valence-electron chi connectivity index (χ3n) is 2.06. The van der Waals surface area contributed by atoms with Crippen molar-refractivity contribution in [3.8, 4) is 5.75 Å². The number of hydrogen-bond acceptors (Lipinski definition) is 4. The second-order valence-corrected chi connectivity index (χ2v) is 3.48. The number of hydrogen-bond donors (Lipinski definition) is 3. The summed E-state index contributed by atoms with van der Waals surface area (Å²) >= 11 is 0. The number of ether oxygens (including phenoxy) is 1. The van der Waals surface area contributed by atoms with Gasteiger partial charge in [0.25, 0.3) is 5.91 Å². The Bertz CT molecular complexity index is 377. The Hall–Kier alpha value is -1.75. The van der Waals surface area contributed by atoms with Crippen LogP contribution in [0.25, 0.3) is 0 Å². The summed E-state index contributed by atoms with van der Waals surface area (Å²) in [6.07, 6.45) is -0.597. The van der Waals surface area contributed by atoms with Crippen LogP contribution in [0.5, 0.6) is 5.75 Å². The number of aliphatic hydroxyl groups is 1. The largest absolute Gasteiger partial charge is 0.496 e. The summed E-state index contributed by atoms with van der Waals surface area (Å²) in [6, 6.07) is 4.99. The van der Waals surface area contributed by atoms with Crippen molar-refractivity contribution in [1.29, 1.82) is 0 Å². The molecule has 0 spiro atoms. The van der Waals surface area contributed by atoms with Crippen molar-refractivity contribution in [2.24, 2.45) is 0 Å². The molecular formula is C11H16N2O3. The summed E-state index contributed by atoms with van der Waals surface area (Å²) < 4.78 is 5.05. The van der Waals surface area contributed by atoms with Crippen LogP contribution < -0.4 is 15.8 Å². The molecule has 16 heavy (non-hydrogen) atoms. The van der Waals surface area contributed by atoms with E-state index in [-0.39, 0.29) is 12.5 Å². The lowest BCUT2D eigenvalue weighted by Gasteiger charge is -2.12. The topological polar surface area (TPSA) is 84.6 Å². The number of nitrogens with one attached hydrogen (secondary N) is 1. The van der Waals surface area contributed by atoms with E-state index >= 15 is 0 Å². The number of methoxy groups -OCH3 is 1. The van der Waals surface area contributed by atoms with E-state index in [0.29, 0.717) is 17.0 Å². The maximum Gasteiger partial charge on any atom is 0.257 e. The van der Waals surface area contributed by atoms with E-state index in [2.05, 4.69) is 5.32 Å². The van der Waals surface area contributed by atoms with Crippen molar-refractivity contribution in [3.05, 3.63) is 23.8 Å². The van der Waals surface area contributed by atoms with Gasteiger partial charge in [-0.15, -0.1) is 0 Å². The van der Waals surface area contributed by atoms with E-state index in [9.17, 15) is 4.79 Å². The van der Waals surface area contributed by atoms with Crippen LogP contribution in [-0.4, -0.2) is 30.8 Å². The monoisotopic (exact) mass is 224 g/mol. The summed E-state index contributed by atoms with van der Waals surface area (Å²) in [7, 11) is 1.47. The molecule has 5 heteroatoms. The molecule has 0 radical (unpaired) electrons. The molecule has 5 nitrogen and oxygen atoms in total. The van der Waals surface area contributed by atoms with Gasteiger partial charge >= 0.3 is 0 Å². The summed E-state index contributed by atoms with van der Waals surface area (Å²) in [5, 5.41) is 11.6. The second-order valence-electron chi connectivity index (χ2n) is 3.48. The summed E-state index contributed by atoms with van der Waals surface area (Å²) in [5.74, 6) is 0.0685. The highest BCUT2D eigenvalue weighted by molar-refractivity contribution is 6.01. The molecule has 1 rings (SSSR count). The van der Waals surface area contributed by atoms with E-state index in [1.54, 1.807) is 25.1 Å². The van der Waals surface area contributed by atoms with Crippen LogP contribution in [0.4, 0.5) is 5.69 Å². The van der Waals surface area contributed by atoms with Gasteiger partial charge in [0, 0.05) is 12.2 Å². The lowest BCUT2D eigenvalue weighted by atomic mass is 10.1. The van der Waals surface area contributed by atoms with Gasteiger partial charge in [-0.05, 0) is 19.1 Å². The van der Waals surface area contributed by atoms with Crippen molar-refractivity contribution in [2.75, 3.05) is 19.4 Å². The number of anilines is 1. The van der Waals surface area contributed by atoms with Crippen molar-refractivity contribution in [2.45, 2.75) is 13.0 Å². The predicted molar refractivity (Wildman–Crippen MR) is 61.4 cm³/mol. The van der Waals surface area contributed by atoms with Crippen molar-refractivity contribution >= 4 is 11.6 Å². The Morgan fingerprint density at radius 2 is 2.31 bits per heavy atom. The van der Waals surface area contributed by atoms with Crippen molar-refractivity contribution in [3.63, 3.8) is 0 Å². The molecule has 0 saturated carbocycles. The molecule has 0 saturated heterocycles. The van der Waals surface area contributed by atoms with Crippen molar-refractivity contribution in [1.82, 2.24) is 5.32 Å². The Morgan fingerprint density at radius 1 is 1.62 bits per heavy atom. The molecule has 88 valence electrons. The number of nitrogen functional groups attached to an aromatic ring is 1. The minimum atomic E-state index is -0.597. The van der Waals surface area contributed by atoms with E-state index in [0.717, 1.165) is 0 Å². The van der Waals surface area contributed by atoms with Gasteiger partial charge < -0.3 is 20.9 Å². The zero-order valence-electron chi connectivity index (χ0n) is 9.36. The molecule has 4 N–H and O–H groups in total. The number of rotatable bonds is 4. The highest BCUT2D eigenvalue weighted by atomic mass is 16.5. The fourth-order valence-electron chi connectivity index (χ4n) is 1.29. The molecular weight excluding hydrogens is 208 g/mol. The second kappa shape index (κ2) is 5.37. The third-order valence-corrected chi connectivity index (χ3v) is 2.06. The number of aliphatic hydroxyl groups excluding tert-OH is 1. The number of amides is 1. The smallest absolute Gasteiger partial charge is 0.257 e. The number of carbonyl (C=O) groups is 1. The first kappa shape index (κ1) is 12.3. The number of carbonyl (C=O) groups excluding carboxylic acids is 1. The Morgan fingerprint density at radius 3 is 2.88 bits per heavy atom. The van der Waals surface area contributed by atoms with E-state index < -0.39 is 6.10 Å². The number of benzene rings is 1. The zero-order valence-corrected chi connectivity index (χ0v) is 9.36. The molecule has 0 aromatic heterocycles. The van der Waals surface area contributed by atoms with Crippen LogP contribution >= 0.6 is 0 Å². The Balaban J connectivity index is 2.89. The van der Waals surface area contributed by atoms with Gasteiger partial charge in [-0.3, -0.25) is 4.79 Å². The number of nitrogens with two attached hydrogens (primary N) is 1. The van der Waals surface area contributed by atoms with E-state index in [1.807, 2.05) is 0 Å². The van der Waals surface area contributed by atoms with Gasteiger partial charge in [0.15, 0.2) is 0 Å². The van der Waals surface area contributed by atoms with Crippen LogP contribution in [0.1, 0.15) is 17.3 Å². The maximum atomic E-state index is 11.8. The Kier molecular flexibility index (Phi) is 4.13. The van der Waals surface area contributed by atoms with E-state index in [4.69, 9.17) is 15.6 Å². The van der Waals surface area contributed by atoms with Crippen LogP contribution in [0.15, 0.2) is 18.2 Å². The van der Waals surface area contributed by atoms with Gasteiger partial charge in [0.1, 0.15) is 11.3 Å². The first-order valence-corrected chi connectivity index (χ1v) is 4.95. The molecule has 0 fully saturated rings. The van der Waals surface area contributed by atoms with Gasteiger partial charge in [-0.25, -0.2) is 0 Å². The zero-order chi connectivity index (χ0) is 12.1. The van der Waals surface area contributed by atoms with Crippen LogP contribution in [-0.2, 0) is 0 Å². The average molecular weight is 224 g/mol. The minimum Gasteiger partial charge on any atom is -0.496 e. The highest BCUT2D eigenvalue weighted by Gasteiger charge is 2.15. The molecule has 0 aliphatic carbocycles. The normalized spacial score (nSPS) is 11.9. The fraction of sp³-hybridized carbons (Fsp3) is 0.364. The first-order valence-electron chi connectivity index (χ1n) is 4.95. The van der Waals surface area contributed by atoms with Crippen LogP contribution in [0, 0.1) is 0 Å². The van der Waals surface area contributed by atoms with Gasteiger partial charge in [0.05, 0.1) is 13.2 Å². The van der Waals surface area contributed by atoms with Gasteiger partial charge in [-0.2, -0.15) is 0 Å². The summed E-state index contributed by atoms with van der Waals surface area (Å²) in [6.45, 7) is 1.77. The molecule has 1 amide bonds. The molecule has 1 unspecified atom stereocenters. The van der Waals surface area contributed by atoms with Gasteiger partial charge in [0.2, 0.25) is 0 Å². The quantitative estimate of drug-likeness (QED) is 0.646. The van der Waals surface area contributed by atoms with Crippen molar-refractivity contribution < 1.29 is 14.6 Å². The highest BCUT2D eigenvalue weighted by Crippen LogP contribution is 2.23. The standard InChI is InChI=1S/C11H16N2O3/c1-7(14)6-13-11(15)10-8(12)4-3-5-9(10)16-2/h3-5,7,14H,6,12H2,1-2H3,(H,13,15). The van der Waals surface area contributed by atoms with E-state index in [1.165, 1.54) is 7.11 Å². The van der Waals surface area contributed by atoms with Gasteiger partial charge in [-0.1, -0.05) is 6.07 Å². The molecule has 0 bridgehead atoms. The van der Waals surface area contributed by atoms with Crippen LogP contribution in [0.2, 0.25) is 0 Å².